The molecule has 6 heteroatoms. The molecule has 1 heterocycles. The van der Waals surface area contributed by atoms with E-state index in [0.717, 1.165) is 18.7 Å². The Hall–Kier alpha value is -1.27. The molecule has 1 aliphatic heterocycles. The lowest BCUT2D eigenvalue weighted by Gasteiger charge is -2.28. The summed E-state index contributed by atoms with van der Waals surface area (Å²) in [6.07, 6.45) is -3.67. The summed E-state index contributed by atoms with van der Waals surface area (Å²) < 4.78 is 39.8. The number of hydrogen-bond acceptors (Lipinski definition) is 3. The molecule has 0 aliphatic carbocycles. The Kier molecular flexibility index (Phi) is 4.31. The van der Waals surface area contributed by atoms with Crippen molar-refractivity contribution in [2.45, 2.75) is 25.3 Å². The summed E-state index contributed by atoms with van der Waals surface area (Å²) in [5, 5.41) is 13.0. The molecule has 1 saturated heterocycles. The van der Waals surface area contributed by atoms with E-state index in [2.05, 4.69) is 10.1 Å². The minimum Gasteiger partial charge on any atom is -0.406 e. The quantitative estimate of drug-likeness (QED) is 0.887. The van der Waals surface area contributed by atoms with Crippen LogP contribution >= 0.6 is 0 Å². The summed E-state index contributed by atoms with van der Waals surface area (Å²) >= 11 is 0. The van der Waals surface area contributed by atoms with Gasteiger partial charge in [0.05, 0.1) is 6.10 Å². The topological polar surface area (TPSA) is 41.5 Å². The molecule has 0 spiro atoms. The Balaban J connectivity index is 1.94. The number of ether oxygens (including phenoxy) is 1. The van der Waals surface area contributed by atoms with E-state index in [1.165, 1.54) is 12.1 Å². The van der Waals surface area contributed by atoms with Crippen LogP contribution in [0.3, 0.4) is 0 Å². The van der Waals surface area contributed by atoms with Gasteiger partial charge in [-0.2, -0.15) is 0 Å². The molecule has 0 radical (unpaired) electrons. The molecule has 2 rings (SSSR count). The summed E-state index contributed by atoms with van der Waals surface area (Å²) in [5.41, 5.74) is 0.891. The van der Waals surface area contributed by atoms with Crippen molar-refractivity contribution in [3.63, 3.8) is 0 Å². The first-order valence-corrected chi connectivity index (χ1v) is 6.17. The molecule has 1 aromatic carbocycles. The van der Waals surface area contributed by atoms with E-state index in [9.17, 15) is 18.3 Å². The number of aliphatic hydroxyl groups excluding tert-OH is 1. The largest absolute Gasteiger partial charge is 0.573 e. The highest BCUT2D eigenvalue weighted by Crippen LogP contribution is 2.24. The number of hydrogen-bond donors (Lipinski definition) is 2. The van der Waals surface area contributed by atoms with Gasteiger partial charge in [0.1, 0.15) is 5.75 Å². The summed E-state index contributed by atoms with van der Waals surface area (Å²) in [6, 6.07) is 5.79. The van der Waals surface area contributed by atoms with Crippen LogP contribution in [0.1, 0.15) is 12.0 Å². The van der Waals surface area contributed by atoms with E-state index in [4.69, 9.17) is 0 Å². The first-order valence-electron chi connectivity index (χ1n) is 6.17. The third kappa shape index (κ3) is 4.40. The molecule has 0 bridgehead atoms. The van der Waals surface area contributed by atoms with Crippen LogP contribution in [0.4, 0.5) is 13.2 Å². The van der Waals surface area contributed by atoms with Gasteiger partial charge in [-0.25, -0.2) is 0 Å². The Labute approximate surface area is 109 Å². The molecule has 3 nitrogen and oxygen atoms in total. The van der Waals surface area contributed by atoms with Crippen LogP contribution in [-0.2, 0) is 6.42 Å². The van der Waals surface area contributed by atoms with Gasteiger partial charge >= 0.3 is 6.36 Å². The first-order chi connectivity index (χ1) is 8.94. The molecule has 2 N–H and O–H groups in total. The van der Waals surface area contributed by atoms with Gasteiger partial charge in [-0.05, 0) is 37.1 Å². The van der Waals surface area contributed by atoms with Crippen molar-refractivity contribution in [2.24, 2.45) is 5.92 Å². The van der Waals surface area contributed by atoms with Gasteiger partial charge in [-0.15, -0.1) is 13.2 Å². The van der Waals surface area contributed by atoms with Crippen molar-refractivity contribution in [3.05, 3.63) is 29.8 Å². The van der Waals surface area contributed by atoms with Crippen molar-refractivity contribution < 1.29 is 23.0 Å². The van der Waals surface area contributed by atoms with E-state index < -0.39 is 6.36 Å². The molecule has 1 fully saturated rings. The van der Waals surface area contributed by atoms with Crippen molar-refractivity contribution in [3.8, 4) is 5.75 Å². The number of alkyl halides is 3. The standard InChI is InChI=1S/C13H16F3NO2/c14-13(15,16)19-11-3-1-9(2-4-11)7-10-8-17-6-5-12(10)18/h1-4,10,12,17-18H,5-8H2. The highest BCUT2D eigenvalue weighted by atomic mass is 19.4. The molecule has 19 heavy (non-hydrogen) atoms. The zero-order valence-electron chi connectivity index (χ0n) is 10.3. The van der Waals surface area contributed by atoms with E-state index in [1.54, 1.807) is 12.1 Å². The van der Waals surface area contributed by atoms with Crippen LogP contribution in [0.5, 0.6) is 5.75 Å². The number of piperidine rings is 1. The number of halogens is 3. The maximum absolute atomic E-state index is 12.0. The van der Waals surface area contributed by atoms with Gasteiger partial charge in [-0.3, -0.25) is 0 Å². The fourth-order valence-corrected chi connectivity index (χ4v) is 2.25. The van der Waals surface area contributed by atoms with Crippen molar-refractivity contribution in [1.82, 2.24) is 5.32 Å². The second-order valence-electron chi connectivity index (χ2n) is 4.72. The maximum atomic E-state index is 12.0. The Bertz CT molecular complexity index is 405. The molecular weight excluding hydrogens is 259 g/mol. The lowest BCUT2D eigenvalue weighted by atomic mass is 9.90. The monoisotopic (exact) mass is 275 g/mol. The van der Waals surface area contributed by atoms with E-state index in [0.29, 0.717) is 12.8 Å². The van der Waals surface area contributed by atoms with Crippen LogP contribution in [0.25, 0.3) is 0 Å². The minimum absolute atomic E-state index is 0.100. The molecule has 106 valence electrons. The minimum atomic E-state index is -4.66. The number of aliphatic hydroxyl groups is 1. The van der Waals surface area contributed by atoms with Gasteiger partial charge in [0.15, 0.2) is 0 Å². The average molecular weight is 275 g/mol. The number of nitrogens with one attached hydrogen (secondary N) is 1. The van der Waals surface area contributed by atoms with Crippen LogP contribution in [0, 0.1) is 5.92 Å². The number of rotatable bonds is 3. The molecule has 1 aliphatic rings. The molecule has 2 unspecified atom stereocenters. The first kappa shape index (κ1) is 14.1. The molecule has 0 amide bonds. The van der Waals surface area contributed by atoms with E-state index in [-0.39, 0.29) is 17.8 Å². The van der Waals surface area contributed by atoms with Gasteiger partial charge in [0.2, 0.25) is 0 Å². The van der Waals surface area contributed by atoms with Crippen LogP contribution < -0.4 is 10.1 Å². The normalized spacial score (nSPS) is 24.2. The smallest absolute Gasteiger partial charge is 0.406 e. The lowest BCUT2D eigenvalue weighted by molar-refractivity contribution is -0.274. The van der Waals surface area contributed by atoms with Crippen molar-refractivity contribution in [2.75, 3.05) is 13.1 Å². The number of benzene rings is 1. The van der Waals surface area contributed by atoms with Crippen LogP contribution in [-0.4, -0.2) is 30.7 Å². The van der Waals surface area contributed by atoms with E-state index >= 15 is 0 Å². The molecule has 0 aromatic heterocycles. The summed E-state index contributed by atoms with van der Waals surface area (Å²) in [6.45, 7) is 1.53. The Morgan fingerprint density at radius 2 is 1.95 bits per heavy atom. The zero-order valence-corrected chi connectivity index (χ0v) is 10.3. The maximum Gasteiger partial charge on any atom is 0.573 e. The summed E-state index contributed by atoms with van der Waals surface area (Å²) in [4.78, 5) is 0. The van der Waals surface area contributed by atoms with E-state index in [1.807, 2.05) is 0 Å². The predicted molar refractivity (Wildman–Crippen MR) is 63.8 cm³/mol. The molecule has 1 aromatic rings. The molecular formula is C13H16F3NO2. The second kappa shape index (κ2) is 5.79. The Morgan fingerprint density at radius 3 is 2.53 bits per heavy atom. The average Bonchev–Trinajstić information content (AvgIpc) is 2.33. The lowest BCUT2D eigenvalue weighted by Crippen LogP contribution is -2.40. The third-order valence-corrected chi connectivity index (χ3v) is 3.22. The van der Waals surface area contributed by atoms with Crippen molar-refractivity contribution >= 4 is 0 Å². The zero-order chi connectivity index (χ0) is 13.9. The molecule has 0 saturated carbocycles. The summed E-state index contributed by atoms with van der Waals surface area (Å²) in [7, 11) is 0. The van der Waals surface area contributed by atoms with Gasteiger partial charge in [0.25, 0.3) is 0 Å². The SMILES string of the molecule is OC1CCNCC1Cc1ccc(OC(F)(F)F)cc1. The highest BCUT2D eigenvalue weighted by Gasteiger charge is 2.31. The van der Waals surface area contributed by atoms with Crippen LogP contribution in [0.15, 0.2) is 24.3 Å². The van der Waals surface area contributed by atoms with Gasteiger partial charge in [-0.1, -0.05) is 12.1 Å². The predicted octanol–water partition coefficient (Wildman–Crippen LogP) is 2.10. The fraction of sp³-hybridized carbons (Fsp3) is 0.538. The second-order valence-corrected chi connectivity index (χ2v) is 4.72. The third-order valence-electron chi connectivity index (χ3n) is 3.22. The van der Waals surface area contributed by atoms with Crippen molar-refractivity contribution in [1.29, 1.82) is 0 Å². The van der Waals surface area contributed by atoms with Crippen LogP contribution in [0.2, 0.25) is 0 Å². The fourth-order valence-electron chi connectivity index (χ4n) is 2.25. The van der Waals surface area contributed by atoms with Gasteiger partial charge < -0.3 is 15.2 Å². The van der Waals surface area contributed by atoms with Gasteiger partial charge in [0, 0.05) is 12.5 Å². The molecule has 2 atom stereocenters. The Morgan fingerprint density at radius 1 is 1.26 bits per heavy atom. The summed E-state index contributed by atoms with van der Waals surface area (Å²) in [5.74, 6) is -0.123. The highest BCUT2D eigenvalue weighted by molar-refractivity contribution is 5.27.